The quantitative estimate of drug-likeness (QED) is 0.103. The van der Waals surface area contributed by atoms with Gasteiger partial charge >= 0.3 is 30.2 Å². The predicted molar refractivity (Wildman–Crippen MR) is 181 cm³/mol. The molecular weight excluding hydrogens is 691 g/mol. The summed E-state index contributed by atoms with van der Waals surface area (Å²) < 4.78 is 63.7. The summed E-state index contributed by atoms with van der Waals surface area (Å²) in [5, 5.41) is 3.62. The summed E-state index contributed by atoms with van der Waals surface area (Å²) in [6.45, 7) is 11.0. The molecule has 1 unspecified atom stereocenters. The highest BCUT2D eigenvalue weighted by molar-refractivity contribution is 6.91. The van der Waals surface area contributed by atoms with Gasteiger partial charge in [0.1, 0.15) is 18.0 Å². The molecule has 1 amide bonds. The number of alkyl carbamates (subject to hydrolysis) is 1. The molecule has 3 aromatic rings. The number of carbonyl (C=O) groups is 4. The van der Waals surface area contributed by atoms with E-state index >= 15 is 0 Å². The van der Waals surface area contributed by atoms with Gasteiger partial charge in [0, 0.05) is 30.8 Å². The van der Waals surface area contributed by atoms with Gasteiger partial charge in [0.2, 0.25) is 5.60 Å². The van der Waals surface area contributed by atoms with Crippen molar-refractivity contribution in [2.24, 2.45) is 0 Å². The van der Waals surface area contributed by atoms with Crippen molar-refractivity contribution in [1.82, 2.24) is 14.9 Å². The number of alkyl halides is 3. The number of fused-ring (bicyclic) bond motifs is 5. The third-order valence-corrected chi connectivity index (χ3v) is 12.3. The van der Waals surface area contributed by atoms with Gasteiger partial charge in [0.15, 0.2) is 0 Å². The van der Waals surface area contributed by atoms with E-state index in [1.54, 1.807) is 45.9 Å². The molecule has 0 fully saturated rings. The molecule has 0 spiro atoms. The molecule has 2 aliphatic heterocycles. The molecule has 51 heavy (non-hydrogen) atoms. The molecule has 0 bridgehead atoms. The minimum absolute atomic E-state index is 0.0154. The van der Waals surface area contributed by atoms with Crippen molar-refractivity contribution in [3.05, 3.63) is 51.3 Å². The van der Waals surface area contributed by atoms with E-state index in [0.29, 0.717) is 33.0 Å². The van der Waals surface area contributed by atoms with Crippen molar-refractivity contribution in [1.29, 1.82) is 0 Å². The van der Waals surface area contributed by atoms with Crippen LogP contribution < -0.4 is 20.8 Å². The molecule has 1 aromatic carbocycles. The summed E-state index contributed by atoms with van der Waals surface area (Å²) in [5.41, 5.74) is -1.44. The zero-order chi connectivity index (χ0) is 37.7. The second kappa shape index (κ2) is 13.4. The number of amides is 1. The number of aromatic nitrogens is 2. The monoisotopic (exact) mass is 731 g/mol. The zero-order valence-corrected chi connectivity index (χ0v) is 30.5. The maximum Gasteiger partial charge on any atom is 0.407 e. The number of pyridine rings is 2. The van der Waals surface area contributed by atoms with Gasteiger partial charge in [-0.05, 0) is 68.3 Å². The fourth-order valence-corrected chi connectivity index (χ4v) is 9.73. The van der Waals surface area contributed by atoms with Gasteiger partial charge < -0.3 is 28.8 Å². The van der Waals surface area contributed by atoms with Gasteiger partial charge in [-0.2, -0.15) is 13.2 Å². The lowest BCUT2D eigenvalue weighted by molar-refractivity contribution is -0.189. The number of ether oxygens (including phenoxy) is 4. The van der Waals surface area contributed by atoms with Crippen LogP contribution in [0.3, 0.4) is 0 Å². The Balaban J connectivity index is 1.61. The number of carbonyl (C=O) groups excluding carboxylic acids is 4. The average Bonchev–Trinajstić information content (AvgIpc) is 3.37. The fourth-order valence-electron chi connectivity index (χ4n) is 6.62. The van der Waals surface area contributed by atoms with Crippen LogP contribution in [0.15, 0.2) is 29.1 Å². The lowest BCUT2D eigenvalue weighted by Crippen LogP contribution is -2.48. The van der Waals surface area contributed by atoms with Crippen LogP contribution in [-0.2, 0) is 47.3 Å². The Morgan fingerprint density at radius 2 is 1.80 bits per heavy atom. The maximum absolute atomic E-state index is 14.2. The lowest BCUT2D eigenvalue weighted by Gasteiger charge is -2.35. The Morgan fingerprint density at radius 3 is 2.43 bits per heavy atom. The second-order valence-corrected chi connectivity index (χ2v) is 19.1. The minimum Gasteiger partial charge on any atom is -0.457 e. The van der Waals surface area contributed by atoms with Gasteiger partial charge in [-0.1, -0.05) is 20.0 Å². The number of cyclic esters (lactones) is 1. The molecule has 2 aromatic heterocycles. The number of nitrogens with zero attached hydrogens (tertiary/aromatic N) is 2. The third kappa shape index (κ3) is 7.65. The van der Waals surface area contributed by atoms with Crippen LogP contribution in [0.5, 0.6) is 5.75 Å². The molecule has 0 aliphatic carbocycles. The molecule has 0 saturated heterocycles. The van der Waals surface area contributed by atoms with E-state index in [9.17, 15) is 37.1 Å². The van der Waals surface area contributed by atoms with Crippen molar-refractivity contribution in [2.45, 2.75) is 104 Å². The molecule has 274 valence electrons. The largest absolute Gasteiger partial charge is 0.457 e. The molecule has 2 aliphatic rings. The standard InChI is InChI=1S/C35H40F3N3O9Si/c1-8-34(49-27(43)11-13-39-32(46)50-33(3,4)5)24-16-26-28-22(17-41(26)30(44)23(24)18-47-31(34)45)29(51(6,7)14-12-35(36,37)38)21-15-20(48-19(2)42)9-10-25(21)40-28/h9-10,15-16H,8,11-14,17-18H2,1-7H3,(H,39,46). The van der Waals surface area contributed by atoms with Crippen LogP contribution in [-0.4, -0.2) is 59.9 Å². The molecule has 5 rings (SSSR count). The topological polar surface area (TPSA) is 152 Å². The molecule has 1 atom stereocenters. The number of rotatable bonds is 9. The average molecular weight is 732 g/mol. The van der Waals surface area contributed by atoms with Crippen molar-refractivity contribution in [2.75, 3.05) is 6.54 Å². The summed E-state index contributed by atoms with van der Waals surface area (Å²) in [5.74, 6) is -2.09. The van der Waals surface area contributed by atoms with Gasteiger partial charge in [0.25, 0.3) is 5.56 Å². The first kappa shape index (κ1) is 37.5. The number of benzene rings is 1. The second-order valence-electron chi connectivity index (χ2n) is 14.3. The number of hydrogen-bond donors (Lipinski definition) is 1. The summed E-state index contributed by atoms with van der Waals surface area (Å²) in [7, 11) is -2.97. The van der Waals surface area contributed by atoms with Crippen LogP contribution in [0, 0.1) is 0 Å². The van der Waals surface area contributed by atoms with Crippen molar-refractivity contribution in [3.63, 3.8) is 0 Å². The Kier molecular flexibility index (Phi) is 9.88. The number of hydrogen-bond acceptors (Lipinski definition) is 10. The van der Waals surface area contributed by atoms with E-state index in [2.05, 4.69) is 5.32 Å². The molecule has 0 saturated carbocycles. The molecule has 0 radical (unpaired) electrons. The zero-order valence-electron chi connectivity index (χ0n) is 29.5. The minimum atomic E-state index is -4.39. The van der Waals surface area contributed by atoms with E-state index in [4.69, 9.17) is 23.9 Å². The number of halogens is 3. The Bertz CT molecular complexity index is 2000. The predicted octanol–water partition coefficient (Wildman–Crippen LogP) is 5.34. The molecule has 12 nitrogen and oxygen atoms in total. The lowest BCUT2D eigenvalue weighted by atomic mass is 9.85. The molecule has 1 N–H and O–H groups in total. The van der Waals surface area contributed by atoms with Crippen molar-refractivity contribution >= 4 is 48.2 Å². The number of nitrogens with one attached hydrogen (secondary N) is 1. The normalized spacial score (nSPS) is 16.9. The van der Waals surface area contributed by atoms with E-state index < -0.39 is 61.4 Å². The number of esters is 3. The Labute approximate surface area is 292 Å². The van der Waals surface area contributed by atoms with Crippen LogP contribution in [0.1, 0.15) is 70.6 Å². The Morgan fingerprint density at radius 1 is 1.10 bits per heavy atom. The highest BCUT2D eigenvalue weighted by Crippen LogP contribution is 2.42. The first-order valence-electron chi connectivity index (χ1n) is 16.5. The van der Waals surface area contributed by atoms with Crippen LogP contribution in [0.4, 0.5) is 18.0 Å². The van der Waals surface area contributed by atoms with Gasteiger partial charge in [-0.25, -0.2) is 14.6 Å². The van der Waals surface area contributed by atoms with Gasteiger partial charge in [-0.15, -0.1) is 0 Å². The van der Waals surface area contributed by atoms with E-state index in [1.807, 2.05) is 13.1 Å². The van der Waals surface area contributed by atoms with Gasteiger partial charge in [0.05, 0.1) is 43.5 Å². The molecule has 4 heterocycles. The summed E-state index contributed by atoms with van der Waals surface area (Å²) in [6, 6.07) is 6.14. The summed E-state index contributed by atoms with van der Waals surface area (Å²) in [4.78, 5) is 69.4. The summed E-state index contributed by atoms with van der Waals surface area (Å²) in [6.07, 6.45) is -6.55. The van der Waals surface area contributed by atoms with E-state index in [1.165, 1.54) is 17.6 Å². The van der Waals surface area contributed by atoms with Crippen LogP contribution in [0.2, 0.25) is 19.1 Å². The van der Waals surface area contributed by atoms with Gasteiger partial charge in [-0.3, -0.25) is 14.4 Å². The first-order chi connectivity index (χ1) is 23.7. The SMILES string of the molecule is CCC1(OC(=O)CCNC(=O)OC(C)(C)C)C(=O)OCc2c1cc1n(c2=O)Cc2c-1nc1ccc(OC(C)=O)cc1c2[Si](C)(C)CCC(F)(F)F. The first-order valence-corrected chi connectivity index (χ1v) is 19.7. The maximum atomic E-state index is 14.2. The third-order valence-electron chi connectivity index (χ3n) is 8.88. The van der Waals surface area contributed by atoms with Crippen molar-refractivity contribution < 1.29 is 51.3 Å². The fraction of sp³-hybridized carbons (Fsp3) is 0.486. The Hall–Kier alpha value is -4.73. The van der Waals surface area contributed by atoms with E-state index in [0.717, 1.165) is 0 Å². The summed E-state index contributed by atoms with van der Waals surface area (Å²) >= 11 is 0. The van der Waals surface area contributed by atoms with E-state index in [-0.39, 0.29) is 55.5 Å². The molecule has 16 heteroatoms. The van der Waals surface area contributed by atoms with Crippen LogP contribution >= 0.6 is 0 Å². The smallest absolute Gasteiger partial charge is 0.407 e. The van der Waals surface area contributed by atoms with Crippen LogP contribution in [0.25, 0.3) is 22.3 Å². The van der Waals surface area contributed by atoms with Crippen molar-refractivity contribution in [3.8, 4) is 17.1 Å². The highest BCUT2D eigenvalue weighted by atomic mass is 28.3. The molecular formula is C35H40F3N3O9Si. The highest BCUT2D eigenvalue weighted by Gasteiger charge is 2.50.